The number of benzene rings is 1. The fourth-order valence-corrected chi connectivity index (χ4v) is 0.867. The van der Waals surface area contributed by atoms with Gasteiger partial charge in [0, 0.05) is 6.07 Å². The minimum absolute atomic E-state index is 0.639. The van der Waals surface area contributed by atoms with Crippen molar-refractivity contribution in [1.82, 2.24) is 0 Å². The number of carbonyl (C=O) groups is 1. The molecule has 80 valence electrons. The number of para-hydroxylation sites is 1. The lowest BCUT2D eigenvalue weighted by atomic mass is 10.3. The lowest BCUT2D eigenvalue weighted by Gasteiger charge is -2.03. The second-order valence-electron chi connectivity index (χ2n) is 2.40. The molecule has 0 aromatic heterocycles. The molecule has 1 aromatic carbocycles. The number of hydrogen-bond donors (Lipinski definition) is 0. The third-order valence-electron chi connectivity index (χ3n) is 1.49. The Kier molecular flexibility index (Phi) is 3.17. The average molecular weight is 215 g/mol. The van der Waals surface area contributed by atoms with Gasteiger partial charge < -0.3 is 9.47 Å². The first kappa shape index (κ1) is 10.9. The molecule has 0 heterocycles. The van der Waals surface area contributed by atoms with Crippen LogP contribution in [-0.4, -0.2) is 18.2 Å². The fourth-order valence-electron chi connectivity index (χ4n) is 0.867. The fraction of sp³-hybridized carbons (Fsp3) is 0.125. The van der Waals surface area contributed by atoms with Gasteiger partial charge in [0.2, 0.25) is 5.75 Å². The summed E-state index contributed by atoms with van der Waals surface area (Å²) in [4.78, 5) is 20.3. The van der Waals surface area contributed by atoms with Crippen molar-refractivity contribution >= 4 is 11.8 Å². The highest BCUT2D eigenvalue weighted by Gasteiger charge is 2.22. The van der Waals surface area contributed by atoms with Gasteiger partial charge in [0.1, 0.15) is 0 Å². The monoisotopic (exact) mass is 215 g/mol. The number of rotatable bonds is 2. The van der Waals surface area contributed by atoms with Crippen LogP contribution in [0.25, 0.3) is 0 Å². The van der Waals surface area contributed by atoms with Crippen LogP contribution in [-0.2, 0) is 4.74 Å². The number of nitrogens with zero attached hydrogens (tertiary/aromatic N) is 1. The predicted octanol–water partition coefficient (Wildman–Crippen LogP) is 1.88. The highest BCUT2D eigenvalue weighted by molar-refractivity contribution is 5.66. The number of nitro benzene ring substituents is 1. The predicted molar refractivity (Wildman–Crippen MR) is 46.1 cm³/mol. The van der Waals surface area contributed by atoms with E-state index < -0.39 is 28.3 Å². The lowest BCUT2D eigenvalue weighted by Crippen LogP contribution is -2.10. The molecule has 0 bridgehead atoms. The molecule has 0 amide bonds. The van der Waals surface area contributed by atoms with E-state index in [-0.39, 0.29) is 0 Å². The smallest absolute Gasteiger partial charge is 0.437 e. The number of methoxy groups -OCH3 is 1. The second-order valence-corrected chi connectivity index (χ2v) is 2.40. The van der Waals surface area contributed by atoms with Gasteiger partial charge in [-0.25, -0.2) is 9.18 Å². The van der Waals surface area contributed by atoms with Crippen molar-refractivity contribution in [3.05, 3.63) is 34.1 Å². The van der Waals surface area contributed by atoms with Crippen LogP contribution in [0.5, 0.6) is 5.75 Å². The topological polar surface area (TPSA) is 78.7 Å². The molecule has 0 N–H and O–H groups in total. The normalized spacial score (nSPS) is 9.47. The van der Waals surface area contributed by atoms with Crippen LogP contribution < -0.4 is 4.74 Å². The number of hydrogen-bond acceptors (Lipinski definition) is 5. The summed E-state index contributed by atoms with van der Waals surface area (Å²) in [5.41, 5.74) is -0.639. The van der Waals surface area contributed by atoms with Crippen LogP contribution in [0.2, 0.25) is 0 Å². The van der Waals surface area contributed by atoms with Gasteiger partial charge in [0.15, 0.2) is 5.82 Å². The second kappa shape index (κ2) is 4.36. The first-order valence-corrected chi connectivity index (χ1v) is 3.75. The van der Waals surface area contributed by atoms with Crippen LogP contribution in [0, 0.1) is 15.9 Å². The Bertz CT molecular complexity index is 406. The molecule has 7 heteroatoms. The van der Waals surface area contributed by atoms with Crippen molar-refractivity contribution in [2.75, 3.05) is 7.11 Å². The van der Waals surface area contributed by atoms with Gasteiger partial charge in [-0.1, -0.05) is 6.07 Å². The van der Waals surface area contributed by atoms with Crippen LogP contribution in [0.15, 0.2) is 18.2 Å². The van der Waals surface area contributed by atoms with Gasteiger partial charge in [-0.05, 0) is 6.07 Å². The van der Waals surface area contributed by atoms with E-state index in [1.54, 1.807) is 0 Å². The van der Waals surface area contributed by atoms with Crippen LogP contribution >= 0.6 is 0 Å². The average Bonchev–Trinajstić information content (AvgIpc) is 2.20. The summed E-state index contributed by atoms with van der Waals surface area (Å²) < 4.78 is 21.5. The van der Waals surface area contributed by atoms with Gasteiger partial charge in [-0.2, -0.15) is 0 Å². The minimum Gasteiger partial charge on any atom is -0.437 e. The van der Waals surface area contributed by atoms with Crippen molar-refractivity contribution < 1.29 is 23.6 Å². The SMILES string of the molecule is COC(=O)Oc1c(F)cccc1[N+](=O)[O-]. The first-order valence-electron chi connectivity index (χ1n) is 3.75. The molecular formula is C8H6FNO5. The summed E-state index contributed by atoms with van der Waals surface area (Å²) in [6, 6.07) is 3.09. The number of ether oxygens (including phenoxy) is 2. The van der Waals surface area contributed by atoms with Gasteiger partial charge in [-0.15, -0.1) is 0 Å². The van der Waals surface area contributed by atoms with E-state index in [1.165, 1.54) is 0 Å². The van der Waals surface area contributed by atoms with E-state index in [0.717, 1.165) is 25.3 Å². The summed E-state index contributed by atoms with van der Waals surface area (Å²) in [5.74, 6) is -1.76. The maximum Gasteiger partial charge on any atom is 0.513 e. The highest BCUT2D eigenvalue weighted by atomic mass is 19.1. The number of carbonyl (C=O) groups excluding carboxylic acids is 1. The molecule has 1 aromatic rings. The van der Waals surface area contributed by atoms with Crippen LogP contribution in [0.4, 0.5) is 14.9 Å². The molecule has 0 saturated carbocycles. The van der Waals surface area contributed by atoms with E-state index in [1.807, 2.05) is 0 Å². The van der Waals surface area contributed by atoms with E-state index >= 15 is 0 Å². The van der Waals surface area contributed by atoms with E-state index in [4.69, 9.17) is 0 Å². The number of halogens is 1. The Hall–Kier alpha value is -2.18. The van der Waals surface area contributed by atoms with Crippen LogP contribution in [0.3, 0.4) is 0 Å². The summed E-state index contributed by atoms with van der Waals surface area (Å²) in [5, 5.41) is 10.5. The zero-order chi connectivity index (χ0) is 11.4. The molecule has 0 spiro atoms. The molecule has 0 aliphatic rings. The van der Waals surface area contributed by atoms with Gasteiger partial charge in [-0.3, -0.25) is 10.1 Å². The Morgan fingerprint density at radius 2 is 2.20 bits per heavy atom. The maximum absolute atomic E-state index is 13.1. The summed E-state index contributed by atoms with van der Waals surface area (Å²) in [6.45, 7) is 0. The maximum atomic E-state index is 13.1. The summed E-state index contributed by atoms with van der Waals surface area (Å²) in [7, 11) is 1.01. The molecule has 6 nitrogen and oxygen atoms in total. The zero-order valence-electron chi connectivity index (χ0n) is 7.60. The van der Waals surface area contributed by atoms with E-state index in [9.17, 15) is 19.3 Å². The number of nitro groups is 1. The Balaban J connectivity index is 3.13. The third-order valence-corrected chi connectivity index (χ3v) is 1.49. The Labute approximate surface area is 83.4 Å². The van der Waals surface area contributed by atoms with E-state index in [0.29, 0.717) is 0 Å². The summed E-state index contributed by atoms with van der Waals surface area (Å²) in [6.07, 6.45) is -1.22. The largest absolute Gasteiger partial charge is 0.513 e. The molecular weight excluding hydrogens is 209 g/mol. The van der Waals surface area contributed by atoms with Crippen molar-refractivity contribution in [1.29, 1.82) is 0 Å². The quantitative estimate of drug-likeness (QED) is 0.325. The standard InChI is InChI=1S/C8H6FNO5/c1-14-8(11)15-7-5(9)3-2-4-6(7)10(12)13/h2-4H,1H3. The molecule has 0 fully saturated rings. The first-order chi connectivity index (χ1) is 7.06. The molecule has 0 saturated heterocycles. The Morgan fingerprint density at radius 1 is 1.53 bits per heavy atom. The molecule has 0 radical (unpaired) electrons. The minimum atomic E-state index is -1.22. The van der Waals surface area contributed by atoms with E-state index in [2.05, 4.69) is 9.47 Å². The molecule has 1 rings (SSSR count). The Morgan fingerprint density at radius 3 is 2.73 bits per heavy atom. The molecule has 15 heavy (non-hydrogen) atoms. The van der Waals surface area contributed by atoms with Crippen molar-refractivity contribution in [3.8, 4) is 5.75 Å². The summed E-state index contributed by atoms with van der Waals surface area (Å²) >= 11 is 0. The highest BCUT2D eigenvalue weighted by Crippen LogP contribution is 2.29. The van der Waals surface area contributed by atoms with Crippen molar-refractivity contribution in [2.24, 2.45) is 0 Å². The van der Waals surface area contributed by atoms with Gasteiger partial charge >= 0.3 is 11.8 Å². The van der Waals surface area contributed by atoms with Crippen molar-refractivity contribution in [2.45, 2.75) is 0 Å². The molecule has 0 atom stereocenters. The van der Waals surface area contributed by atoms with Gasteiger partial charge in [0.05, 0.1) is 12.0 Å². The zero-order valence-corrected chi connectivity index (χ0v) is 7.60. The molecule has 0 aliphatic carbocycles. The van der Waals surface area contributed by atoms with Crippen molar-refractivity contribution in [3.63, 3.8) is 0 Å². The van der Waals surface area contributed by atoms with Crippen LogP contribution in [0.1, 0.15) is 0 Å². The third kappa shape index (κ3) is 2.39. The lowest BCUT2D eigenvalue weighted by molar-refractivity contribution is -0.385. The molecule has 0 unspecified atom stereocenters. The molecule has 0 aliphatic heterocycles. The van der Waals surface area contributed by atoms with Gasteiger partial charge in [0.25, 0.3) is 0 Å².